The number of rotatable bonds is 10. The van der Waals surface area contributed by atoms with Gasteiger partial charge in [-0.05, 0) is 30.4 Å². The van der Waals surface area contributed by atoms with E-state index >= 15 is 0 Å². The molecular formula is C19H33N3O. The number of hydrogen-bond donors (Lipinski definition) is 3. The highest BCUT2D eigenvalue weighted by Crippen LogP contribution is 2.20. The third kappa shape index (κ3) is 5.57. The van der Waals surface area contributed by atoms with Crippen LogP contribution in [-0.4, -0.2) is 28.9 Å². The van der Waals surface area contributed by atoms with Crippen LogP contribution in [0.3, 0.4) is 0 Å². The van der Waals surface area contributed by atoms with Gasteiger partial charge in [-0.2, -0.15) is 0 Å². The van der Waals surface area contributed by atoms with Crippen LogP contribution in [0.1, 0.15) is 63.0 Å². The summed E-state index contributed by atoms with van der Waals surface area (Å²) in [6, 6.07) is 8.83. The summed E-state index contributed by atoms with van der Waals surface area (Å²) in [5.74, 6) is 0. The summed E-state index contributed by atoms with van der Waals surface area (Å²) in [6.07, 6.45) is 10.0. The van der Waals surface area contributed by atoms with E-state index < -0.39 is 5.66 Å². The van der Waals surface area contributed by atoms with Gasteiger partial charge in [0.25, 0.3) is 0 Å². The minimum Gasteiger partial charge on any atom is -0.393 e. The van der Waals surface area contributed by atoms with Crippen molar-refractivity contribution in [2.24, 2.45) is 5.73 Å². The fourth-order valence-corrected chi connectivity index (χ4v) is 3.18. The molecule has 4 N–H and O–H groups in total. The van der Waals surface area contributed by atoms with E-state index in [1.165, 1.54) is 56.1 Å². The van der Waals surface area contributed by atoms with Gasteiger partial charge in [0.1, 0.15) is 5.66 Å². The summed E-state index contributed by atoms with van der Waals surface area (Å²) < 4.78 is 0. The average Bonchev–Trinajstić information content (AvgIpc) is 2.94. The van der Waals surface area contributed by atoms with Crippen molar-refractivity contribution in [3.8, 4) is 0 Å². The second-order valence-electron chi connectivity index (χ2n) is 6.84. The van der Waals surface area contributed by atoms with Crippen LogP contribution in [0.4, 0.5) is 0 Å². The van der Waals surface area contributed by atoms with Crippen molar-refractivity contribution in [2.75, 3.05) is 13.2 Å². The van der Waals surface area contributed by atoms with Crippen molar-refractivity contribution in [1.82, 2.24) is 10.4 Å². The van der Waals surface area contributed by atoms with Gasteiger partial charge in [-0.3, -0.25) is 5.43 Å². The summed E-state index contributed by atoms with van der Waals surface area (Å²) in [5, 5.41) is 11.5. The van der Waals surface area contributed by atoms with E-state index in [-0.39, 0.29) is 6.61 Å². The molecule has 0 bridgehead atoms. The van der Waals surface area contributed by atoms with Gasteiger partial charge in [-0.15, -0.1) is 0 Å². The fourth-order valence-electron chi connectivity index (χ4n) is 3.18. The van der Waals surface area contributed by atoms with Crippen molar-refractivity contribution in [3.05, 3.63) is 35.4 Å². The Morgan fingerprint density at radius 2 is 1.74 bits per heavy atom. The van der Waals surface area contributed by atoms with Crippen LogP contribution in [-0.2, 0) is 13.0 Å². The Morgan fingerprint density at radius 1 is 1.09 bits per heavy atom. The fraction of sp³-hybridized carbons (Fsp3) is 0.684. The maximum atomic E-state index is 9.49. The topological polar surface area (TPSA) is 61.5 Å². The van der Waals surface area contributed by atoms with Crippen LogP contribution in [0.15, 0.2) is 24.3 Å². The van der Waals surface area contributed by atoms with Crippen LogP contribution in [0.5, 0.6) is 0 Å². The highest BCUT2D eigenvalue weighted by molar-refractivity contribution is 5.23. The molecule has 0 amide bonds. The highest BCUT2D eigenvalue weighted by atomic mass is 16.3. The van der Waals surface area contributed by atoms with Crippen LogP contribution in [0.2, 0.25) is 0 Å². The maximum Gasteiger partial charge on any atom is 0.107 e. The minimum atomic E-state index is -0.628. The molecule has 1 aliphatic rings. The third-order valence-corrected chi connectivity index (χ3v) is 4.85. The van der Waals surface area contributed by atoms with Gasteiger partial charge < -0.3 is 10.8 Å². The lowest BCUT2D eigenvalue weighted by molar-refractivity contribution is 0.0330. The molecule has 23 heavy (non-hydrogen) atoms. The molecule has 1 fully saturated rings. The molecule has 1 unspecified atom stereocenters. The Labute approximate surface area is 141 Å². The minimum absolute atomic E-state index is 0.0177. The Morgan fingerprint density at radius 3 is 2.43 bits per heavy atom. The van der Waals surface area contributed by atoms with E-state index in [0.717, 1.165) is 19.5 Å². The summed E-state index contributed by atoms with van der Waals surface area (Å²) in [5.41, 5.74) is 11.5. The quantitative estimate of drug-likeness (QED) is 0.580. The lowest BCUT2D eigenvalue weighted by Gasteiger charge is -2.32. The van der Waals surface area contributed by atoms with Gasteiger partial charge in [0, 0.05) is 13.1 Å². The zero-order valence-electron chi connectivity index (χ0n) is 14.6. The second-order valence-corrected chi connectivity index (χ2v) is 6.84. The van der Waals surface area contributed by atoms with Gasteiger partial charge in [0.15, 0.2) is 0 Å². The first kappa shape index (κ1) is 18.4. The number of nitrogens with zero attached hydrogens (tertiary/aromatic N) is 1. The molecule has 4 nitrogen and oxygen atoms in total. The molecule has 1 aliphatic heterocycles. The lowest BCUT2D eigenvalue weighted by atomic mass is 10.0. The van der Waals surface area contributed by atoms with Gasteiger partial charge in [-0.25, -0.2) is 5.01 Å². The molecule has 0 spiro atoms. The van der Waals surface area contributed by atoms with Gasteiger partial charge >= 0.3 is 0 Å². The van der Waals surface area contributed by atoms with Crippen LogP contribution in [0.25, 0.3) is 0 Å². The molecule has 0 saturated carbocycles. The van der Waals surface area contributed by atoms with Crippen LogP contribution in [0, 0.1) is 0 Å². The van der Waals surface area contributed by atoms with E-state index in [4.69, 9.17) is 5.73 Å². The zero-order chi connectivity index (χ0) is 16.5. The molecule has 1 heterocycles. The first-order valence-electron chi connectivity index (χ1n) is 9.16. The van der Waals surface area contributed by atoms with E-state index in [1.807, 2.05) is 5.01 Å². The molecule has 2 rings (SSSR count). The summed E-state index contributed by atoms with van der Waals surface area (Å²) >= 11 is 0. The zero-order valence-corrected chi connectivity index (χ0v) is 14.6. The molecule has 4 heteroatoms. The number of nitrogens with two attached hydrogens (primary N) is 1. The smallest absolute Gasteiger partial charge is 0.107 e. The Bertz CT molecular complexity index is 448. The van der Waals surface area contributed by atoms with E-state index in [9.17, 15) is 5.11 Å². The largest absolute Gasteiger partial charge is 0.393 e. The average molecular weight is 319 g/mol. The lowest BCUT2D eigenvalue weighted by Crippen LogP contribution is -2.56. The van der Waals surface area contributed by atoms with E-state index in [2.05, 4.69) is 36.6 Å². The first-order chi connectivity index (χ1) is 11.2. The number of hydrazine groups is 1. The van der Waals surface area contributed by atoms with E-state index in [0.29, 0.717) is 0 Å². The van der Waals surface area contributed by atoms with Crippen LogP contribution >= 0.6 is 0 Å². The van der Waals surface area contributed by atoms with Crippen molar-refractivity contribution < 1.29 is 5.11 Å². The molecular weight excluding hydrogens is 286 g/mol. The summed E-state index contributed by atoms with van der Waals surface area (Å²) in [4.78, 5) is 0. The monoisotopic (exact) mass is 319 g/mol. The molecule has 0 aliphatic carbocycles. The molecule has 0 radical (unpaired) electrons. The number of unbranched alkanes of at least 4 members (excludes halogenated alkanes) is 5. The number of aliphatic hydroxyl groups excluding tert-OH is 1. The number of aliphatic hydroxyl groups is 1. The SMILES string of the molecule is CCCCCCCCc1ccc(CN2NCCC2(N)CO)cc1. The molecule has 1 atom stereocenters. The molecule has 1 saturated heterocycles. The second kappa shape index (κ2) is 9.38. The summed E-state index contributed by atoms with van der Waals surface area (Å²) in [7, 11) is 0. The number of nitrogens with one attached hydrogen (secondary N) is 1. The maximum absolute atomic E-state index is 9.49. The highest BCUT2D eigenvalue weighted by Gasteiger charge is 2.36. The summed E-state index contributed by atoms with van der Waals surface area (Å²) in [6.45, 7) is 3.80. The normalized spacial score (nSPS) is 21.9. The Balaban J connectivity index is 1.74. The van der Waals surface area contributed by atoms with Crippen LogP contribution < -0.4 is 11.2 Å². The van der Waals surface area contributed by atoms with E-state index in [1.54, 1.807) is 0 Å². The van der Waals surface area contributed by atoms with Gasteiger partial charge in [0.2, 0.25) is 0 Å². The van der Waals surface area contributed by atoms with Crippen molar-refractivity contribution >= 4 is 0 Å². The Kier molecular flexibility index (Phi) is 7.50. The van der Waals surface area contributed by atoms with Crippen molar-refractivity contribution in [1.29, 1.82) is 0 Å². The van der Waals surface area contributed by atoms with Crippen molar-refractivity contribution in [2.45, 2.75) is 70.5 Å². The third-order valence-electron chi connectivity index (χ3n) is 4.85. The number of hydrogen-bond acceptors (Lipinski definition) is 4. The molecule has 0 aromatic heterocycles. The predicted molar refractivity (Wildman–Crippen MR) is 95.7 cm³/mol. The molecule has 130 valence electrons. The Hall–Kier alpha value is -0.940. The van der Waals surface area contributed by atoms with Gasteiger partial charge in [-0.1, -0.05) is 63.3 Å². The number of aryl methyl sites for hydroxylation is 1. The predicted octanol–water partition coefficient (Wildman–Crippen LogP) is 2.95. The first-order valence-corrected chi connectivity index (χ1v) is 9.16. The number of benzene rings is 1. The standard InChI is InChI=1S/C19H33N3O/c1-2-3-4-5-6-7-8-17-9-11-18(12-10-17)15-22-19(20,16-23)13-14-21-22/h9-12,21,23H,2-8,13-16,20H2,1H3. The van der Waals surface area contributed by atoms with Gasteiger partial charge in [0.05, 0.1) is 6.61 Å². The molecule has 1 aromatic rings. The molecule has 1 aromatic carbocycles. The van der Waals surface area contributed by atoms with Crippen molar-refractivity contribution in [3.63, 3.8) is 0 Å².